The van der Waals surface area contributed by atoms with Crippen LogP contribution in [0, 0.1) is 3.95 Å². The van der Waals surface area contributed by atoms with Gasteiger partial charge in [0.25, 0.3) is 5.56 Å². The van der Waals surface area contributed by atoms with Gasteiger partial charge in [-0.25, -0.2) is 4.98 Å². The van der Waals surface area contributed by atoms with Gasteiger partial charge in [-0.15, -0.1) is 0 Å². The van der Waals surface area contributed by atoms with Gasteiger partial charge in [0.1, 0.15) is 10.4 Å². The molecule has 11 heteroatoms. The van der Waals surface area contributed by atoms with E-state index in [-0.39, 0.29) is 17.2 Å². The lowest BCUT2D eigenvalue weighted by Gasteiger charge is -2.11. The quantitative estimate of drug-likeness (QED) is 0.227. The summed E-state index contributed by atoms with van der Waals surface area (Å²) in [4.78, 5) is 32.1. The summed E-state index contributed by atoms with van der Waals surface area (Å²) in [5.74, 6) is 0.408. The number of hydrogen-bond acceptors (Lipinski definition) is 7. The number of nitrogens with zero attached hydrogens (tertiary/aromatic N) is 2. The highest BCUT2D eigenvalue weighted by Crippen LogP contribution is 2.31. The number of rotatable bonds is 6. The van der Waals surface area contributed by atoms with Crippen molar-refractivity contribution in [1.82, 2.24) is 14.5 Å². The molecule has 7 nitrogen and oxygen atoms in total. The average Bonchev–Trinajstić information content (AvgIpc) is 3.09. The Balaban J connectivity index is 1.68. The molecule has 2 heterocycles. The molecule has 0 atom stereocenters. The van der Waals surface area contributed by atoms with E-state index in [4.69, 9.17) is 28.6 Å². The second-order valence-corrected chi connectivity index (χ2v) is 9.29. The minimum atomic E-state index is -0.327. The van der Waals surface area contributed by atoms with Gasteiger partial charge in [0.2, 0.25) is 5.91 Å². The van der Waals surface area contributed by atoms with Crippen LogP contribution in [0.5, 0.6) is 5.75 Å². The van der Waals surface area contributed by atoms with E-state index in [2.05, 4.69) is 15.3 Å². The number of carbonyl (C=O) groups is 1. The number of thiazole rings is 1. The molecule has 0 aliphatic carbocycles. The molecular formula is C20H15ClN4O3S3. The van der Waals surface area contributed by atoms with Crippen molar-refractivity contribution in [1.29, 1.82) is 0 Å². The Morgan fingerprint density at radius 1 is 1.32 bits per heavy atom. The number of nitrogens with one attached hydrogen (secondary N) is 2. The molecule has 0 saturated carbocycles. The lowest BCUT2D eigenvalue weighted by Crippen LogP contribution is -2.15. The summed E-state index contributed by atoms with van der Waals surface area (Å²) in [5.41, 5.74) is 1.34. The van der Waals surface area contributed by atoms with Crippen LogP contribution in [-0.4, -0.2) is 33.3 Å². The largest absolute Gasteiger partial charge is 0.495 e. The van der Waals surface area contributed by atoms with E-state index in [1.807, 2.05) is 18.2 Å². The van der Waals surface area contributed by atoms with Gasteiger partial charge in [0.15, 0.2) is 14.8 Å². The fraction of sp³-hybridized carbons (Fsp3) is 0.100. The maximum absolute atomic E-state index is 12.6. The van der Waals surface area contributed by atoms with Crippen LogP contribution in [0.2, 0.25) is 5.02 Å². The van der Waals surface area contributed by atoms with Crippen LogP contribution in [0.4, 0.5) is 5.69 Å². The number of fused-ring (bicyclic) bond motifs is 1. The molecule has 158 valence electrons. The second-order valence-electron chi connectivity index (χ2n) is 6.25. The maximum Gasteiger partial charge on any atom is 0.271 e. The molecule has 0 saturated heterocycles. The van der Waals surface area contributed by atoms with Crippen molar-refractivity contribution in [3.8, 4) is 11.4 Å². The highest BCUT2D eigenvalue weighted by molar-refractivity contribution is 7.99. The fourth-order valence-electron chi connectivity index (χ4n) is 2.86. The summed E-state index contributed by atoms with van der Waals surface area (Å²) in [5, 5.41) is 3.60. The predicted octanol–water partition coefficient (Wildman–Crippen LogP) is 4.90. The second kappa shape index (κ2) is 9.23. The van der Waals surface area contributed by atoms with E-state index < -0.39 is 0 Å². The van der Waals surface area contributed by atoms with Gasteiger partial charge in [0.05, 0.1) is 18.6 Å². The first kappa shape index (κ1) is 21.6. The summed E-state index contributed by atoms with van der Waals surface area (Å²) >= 11 is 13.9. The number of thioether (sulfide) groups is 1. The highest BCUT2D eigenvalue weighted by atomic mass is 35.5. The molecule has 0 aliphatic heterocycles. The number of halogens is 1. The van der Waals surface area contributed by atoms with Crippen LogP contribution < -0.4 is 15.6 Å². The minimum absolute atomic E-state index is 0.0781. The van der Waals surface area contributed by atoms with Crippen molar-refractivity contribution < 1.29 is 9.53 Å². The molecule has 0 spiro atoms. The van der Waals surface area contributed by atoms with Gasteiger partial charge < -0.3 is 15.0 Å². The SMILES string of the molecule is COc1ccc(Cl)cc1-n1c(=S)sc2c(=O)[nH]c(SCC(=O)Nc3ccccc3)nc21. The number of carbonyl (C=O) groups excluding carboxylic acids is 1. The molecule has 0 fully saturated rings. The number of benzene rings is 2. The number of anilines is 1. The van der Waals surface area contributed by atoms with Gasteiger partial charge in [-0.1, -0.05) is 52.9 Å². The van der Waals surface area contributed by atoms with Crippen LogP contribution in [-0.2, 0) is 4.79 Å². The lowest BCUT2D eigenvalue weighted by atomic mass is 10.3. The van der Waals surface area contributed by atoms with Crippen LogP contribution in [0.3, 0.4) is 0 Å². The number of aromatic nitrogens is 3. The van der Waals surface area contributed by atoms with Crippen LogP contribution in [0.25, 0.3) is 16.0 Å². The molecule has 0 aliphatic rings. The fourth-order valence-corrected chi connectivity index (χ4v) is 4.94. The van der Waals surface area contributed by atoms with Gasteiger partial charge in [-0.3, -0.25) is 14.2 Å². The van der Waals surface area contributed by atoms with E-state index in [0.29, 0.717) is 41.6 Å². The van der Waals surface area contributed by atoms with E-state index in [1.165, 1.54) is 7.11 Å². The number of methoxy groups -OCH3 is 1. The number of para-hydroxylation sites is 1. The molecule has 0 bridgehead atoms. The predicted molar refractivity (Wildman–Crippen MR) is 128 cm³/mol. The standard InChI is InChI=1S/C20H15ClN4O3S3/c1-28-14-8-7-11(21)9-13(14)25-17-16(31-20(25)29)18(27)24-19(23-17)30-10-15(26)22-12-5-3-2-4-6-12/h2-9H,10H2,1H3,(H,22,26)(H,23,24,27). The molecule has 4 aromatic rings. The van der Waals surface area contributed by atoms with E-state index in [1.54, 1.807) is 34.9 Å². The Labute approximate surface area is 195 Å². The molecular weight excluding hydrogens is 476 g/mol. The summed E-state index contributed by atoms with van der Waals surface area (Å²) < 4.78 is 7.90. The molecule has 0 radical (unpaired) electrons. The molecule has 0 unspecified atom stereocenters. The van der Waals surface area contributed by atoms with Crippen molar-refractivity contribution in [2.24, 2.45) is 0 Å². The smallest absolute Gasteiger partial charge is 0.271 e. The summed E-state index contributed by atoms with van der Waals surface area (Å²) in [6, 6.07) is 14.3. The Kier molecular flexibility index (Phi) is 6.42. The zero-order valence-corrected chi connectivity index (χ0v) is 19.3. The Morgan fingerprint density at radius 2 is 2.10 bits per heavy atom. The highest BCUT2D eigenvalue weighted by Gasteiger charge is 2.17. The first-order chi connectivity index (χ1) is 15.0. The summed E-state index contributed by atoms with van der Waals surface area (Å²) in [7, 11) is 1.54. The zero-order chi connectivity index (χ0) is 22.0. The topological polar surface area (TPSA) is 89.0 Å². The number of aromatic amines is 1. The van der Waals surface area contributed by atoms with Gasteiger partial charge in [-0.2, -0.15) is 0 Å². The third-order valence-electron chi connectivity index (χ3n) is 4.20. The monoisotopic (exact) mass is 490 g/mol. The molecule has 2 aromatic carbocycles. The Bertz CT molecular complexity index is 1380. The van der Waals surface area contributed by atoms with E-state index >= 15 is 0 Å². The number of ether oxygens (including phenoxy) is 1. The van der Waals surface area contributed by atoms with Crippen LogP contribution in [0.1, 0.15) is 0 Å². The summed E-state index contributed by atoms with van der Waals surface area (Å²) in [6.07, 6.45) is 0. The number of hydrogen-bond donors (Lipinski definition) is 2. The summed E-state index contributed by atoms with van der Waals surface area (Å²) in [6.45, 7) is 0. The van der Waals surface area contributed by atoms with Crippen LogP contribution >= 0.6 is 46.9 Å². The molecule has 2 aromatic heterocycles. The minimum Gasteiger partial charge on any atom is -0.495 e. The lowest BCUT2D eigenvalue weighted by molar-refractivity contribution is -0.113. The van der Waals surface area contributed by atoms with E-state index in [0.717, 1.165) is 23.1 Å². The third-order valence-corrected chi connectivity index (χ3v) is 6.67. The van der Waals surface area contributed by atoms with Crippen molar-refractivity contribution in [2.75, 3.05) is 18.2 Å². The number of amides is 1. The first-order valence-corrected chi connectivity index (χ1v) is 11.5. The molecule has 31 heavy (non-hydrogen) atoms. The van der Waals surface area contributed by atoms with Crippen molar-refractivity contribution in [3.05, 3.63) is 67.9 Å². The Hall–Kier alpha value is -2.66. The van der Waals surface area contributed by atoms with Gasteiger partial charge in [-0.05, 0) is 42.5 Å². The third kappa shape index (κ3) is 4.67. The van der Waals surface area contributed by atoms with Crippen molar-refractivity contribution >= 4 is 68.9 Å². The maximum atomic E-state index is 12.6. The van der Waals surface area contributed by atoms with E-state index in [9.17, 15) is 9.59 Å². The first-order valence-electron chi connectivity index (χ1n) is 8.94. The van der Waals surface area contributed by atoms with Gasteiger partial charge >= 0.3 is 0 Å². The van der Waals surface area contributed by atoms with Gasteiger partial charge in [0, 0.05) is 10.7 Å². The molecule has 2 N–H and O–H groups in total. The van der Waals surface area contributed by atoms with Crippen LogP contribution in [0.15, 0.2) is 58.5 Å². The van der Waals surface area contributed by atoms with Crippen molar-refractivity contribution in [3.63, 3.8) is 0 Å². The normalized spacial score (nSPS) is 10.9. The van der Waals surface area contributed by atoms with Crippen molar-refractivity contribution in [2.45, 2.75) is 5.16 Å². The number of H-pyrrole nitrogens is 1. The Morgan fingerprint density at radius 3 is 2.84 bits per heavy atom. The molecule has 1 amide bonds. The average molecular weight is 491 g/mol. The molecule has 4 rings (SSSR count). The zero-order valence-electron chi connectivity index (χ0n) is 16.0.